The highest BCUT2D eigenvalue weighted by Crippen LogP contribution is 2.28. The Hall–Kier alpha value is -1.92. The Morgan fingerprint density at radius 2 is 1.96 bits per heavy atom. The summed E-state index contributed by atoms with van der Waals surface area (Å²) in [6, 6.07) is 8.26. The molecule has 0 spiro atoms. The molecule has 2 amide bonds. The number of fused-ring (bicyclic) bond motifs is 1. The number of nitrogens with one attached hydrogen (secondary N) is 1. The molecule has 26 heavy (non-hydrogen) atoms. The zero-order chi connectivity index (χ0) is 18.7. The van der Waals surface area contributed by atoms with E-state index in [0.717, 1.165) is 19.4 Å². The Morgan fingerprint density at radius 3 is 2.54 bits per heavy atom. The van der Waals surface area contributed by atoms with Gasteiger partial charge in [-0.05, 0) is 37.8 Å². The first kappa shape index (κ1) is 18.9. The molecule has 0 aromatic heterocycles. The average Bonchev–Trinajstić information content (AvgIpc) is 3.04. The van der Waals surface area contributed by atoms with Crippen LogP contribution in [0, 0.1) is 0 Å². The maximum atomic E-state index is 12.8. The summed E-state index contributed by atoms with van der Waals surface area (Å²) in [6.07, 6.45) is 2.02. The zero-order valence-electron chi connectivity index (χ0n) is 15.6. The quantitative estimate of drug-likeness (QED) is 0.779. The van der Waals surface area contributed by atoms with Crippen LogP contribution in [0.3, 0.4) is 0 Å². The summed E-state index contributed by atoms with van der Waals surface area (Å²) in [5.41, 5.74) is 2.69. The molecule has 1 heterocycles. The number of nitrogens with zero attached hydrogens (tertiary/aromatic N) is 2. The van der Waals surface area contributed by atoms with Gasteiger partial charge in [-0.2, -0.15) is 0 Å². The highest BCUT2D eigenvalue weighted by Gasteiger charge is 2.38. The van der Waals surface area contributed by atoms with Crippen molar-refractivity contribution in [2.24, 2.45) is 0 Å². The lowest BCUT2D eigenvalue weighted by Gasteiger charge is -2.40. The maximum absolute atomic E-state index is 12.8. The summed E-state index contributed by atoms with van der Waals surface area (Å²) in [4.78, 5) is 29.2. The van der Waals surface area contributed by atoms with E-state index in [1.54, 1.807) is 4.90 Å². The van der Waals surface area contributed by atoms with Crippen molar-refractivity contribution in [2.75, 3.05) is 26.2 Å². The molecule has 3 rings (SSSR count). The van der Waals surface area contributed by atoms with Gasteiger partial charge in [0.2, 0.25) is 11.8 Å². The van der Waals surface area contributed by atoms with Crippen LogP contribution in [0.1, 0.15) is 31.4 Å². The fraction of sp³-hybridized carbons (Fsp3) is 0.600. The predicted octanol–water partition coefficient (Wildman–Crippen LogP) is 0.574. The molecule has 6 heteroatoms. The fourth-order valence-electron chi connectivity index (χ4n) is 4.21. The van der Waals surface area contributed by atoms with E-state index in [2.05, 4.69) is 34.5 Å². The lowest BCUT2D eigenvalue weighted by Crippen LogP contribution is -2.60. The number of rotatable bonds is 6. The van der Waals surface area contributed by atoms with E-state index in [1.807, 2.05) is 13.8 Å². The number of aliphatic hydroxyl groups is 1. The summed E-state index contributed by atoms with van der Waals surface area (Å²) >= 11 is 0. The second-order valence-corrected chi connectivity index (χ2v) is 7.48. The van der Waals surface area contributed by atoms with Crippen molar-refractivity contribution in [1.29, 1.82) is 0 Å². The lowest BCUT2D eigenvalue weighted by molar-refractivity contribution is -0.141. The molecular formula is C20H29N3O3. The molecule has 0 saturated carbocycles. The van der Waals surface area contributed by atoms with Gasteiger partial charge in [-0.15, -0.1) is 0 Å². The monoisotopic (exact) mass is 359 g/mol. The Morgan fingerprint density at radius 1 is 1.31 bits per heavy atom. The van der Waals surface area contributed by atoms with Crippen LogP contribution in [0.25, 0.3) is 0 Å². The third kappa shape index (κ3) is 3.91. The fourth-order valence-corrected chi connectivity index (χ4v) is 4.21. The van der Waals surface area contributed by atoms with Gasteiger partial charge in [0.1, 0.15) is 0 Å². The number of piperazine rings is 1. The molecule has 1 aromatic rings. The molecule has 142 valence electrons. The van der Waals surface area contributed by atoms with E-state index in [9.17, 15) is 14.7 Å². The van der Waals surface area contributed by atoms with Gasteiger partial charge in [-0.1, -0.05) is 24.3 Å². The minimum atomic E-state index is -0.435. The van der Waals surface area contributed by atoms with Crippen molar-refractivity contribution in [2.45, 2.75) is 51.2 Å². The van der Waals surface area contributed by atoms with Crippen LogP contribution in [-0.2, 0) is 22.4 Å². The number of hydrogen-bond acceptors (Lipinski definition) is 4. The van der Waals surface area contributed by atoms with E-state index in [1.165, 1.54) is 11.1 Å². The van der Waals surface area contributed by atoms with Crippen molar-refractivity contribution in [1.82, 2.24) is 15.1 Å². The molecule has 1 aromatic carbocycles. The maximum Gasteiger partial charge on any atom is 0.237 e. The molecule has 1 aliphatic heterocycles. The van der Waals surface area contributed by atoms with Crippen molar-refractivity contribution >= 4 is 11.8 Å². The van der Waals surface area contributed by atoms with Crippen LogP contribution in [-0.4, -0.2) is 71.1 Å². The normalized spacial score (nSPS) is 20.9. The van der Waals surface area contributed by atoms with Crippen molar-refractivity contribution in [3.63, 3.8) is 0 Å². The molecule has 0 bridgehead atoms. The Bertz CT molecular complexity index is 636. The molecule has 1 saturated heterocycles. The van der Waals surface area contributed by atoms with Crippen molar-refractivity contribution in [3.8, 4) is 0 Å². The average molecular weight is 359 g/mol. The van der Waals surface area contributed by atoms with E-state index < -0.39 is 6.04 Å². The van der Waals surface area contributed by atoms with Gasteiger partial charge in [0.05, 0.1) is 19.1 Å². The van der Waals surface area contributed by atoms with E-state index in [4.69, 9.17) is 0 Å². The SMILES string of the molecule is CC(C)N(CCO)C(=O)C[C@@H]1C(=O)NCCN1C1Cc2ccccc2C1. The van der Waals surface area contributed by atoms with Gasteiger partial charge >= 0.3 is 0 Å². The molecular weight excluding hydrogens is 330 g/mol. The second kappa shape index (κ2) is 8.18. The van der Waals surface area contributed by atoms with E-state index >= 15 is 0 Å². The van der Waals surface area contributed by atoms with E-state index in [-0.39, 0.29) is 36.9 Å². The third-order valence-electron chi connectivity index (χ3n) is 5.52. The first-order valence-electron chi connectivity index (χ1n) is 9.51. The van der Waals surface area contributed by atoms with Crippen LogP contribution in [0.2, 0.25) is 0 Å². The molecule has 6 nitrogen and oxygen atoms in total. The smallest absolute Gasteiger partial charge is 0.237 e. The third-order valence-corrected chi connectivity index (χ3v) is 5.52. The molecule has 0 unspecified atom stereocenters. The highest BCUT2D eigenvalue weighted by molar-refractivity contribution is 5.89. The highest BCUT2D eigenvalue weighted by atomic mass is 16.3. The summed E-state index contributed by atoms with van der Waals surface area (Å²) < 4.78 is 0. The number of benzene rings is 1. The zero-order valence-corrected chi connectivity index (χ0v) is 15.6. The Balaban J connectivity index is 1.73. The van der Waals surface area contributed by atoms with Gasteiger partial charge in [-0.25, -0.2) is 0 Å². The number of carbonyl (C=O) groups is 2. The first-order valence-corrected chi connectivity index (χ1v) is 9.51. The van der Waals surface area contributed by atoms with Gasteiger partial charge in [-0.3, -0.25) is 14.5 Å². The molecule has 0 radical (unpaired) electrons. The minimum absolute atomic E-state index is 0.00508. The van der Waals surface area contributed by atoms with Gasteiger partial charge < -0.3 is 15.3 Å². The van der Waals surface area contributed by atoms with Crippen LogP contribution >= 0.6 is 0 Å². The summed E-state index contributed by atoms with van der Waals surface area (Å²) in [7, 11) is 0. The van der Waals surface area contributed by atoms with E-state index in [0.29, 0.717) is 13.1 Å². The number of aliphatic hydroxyl groups excluding tert-OH is 1. The predicted molar refractivity (Wildman–Crippen MR) is 99.7 cm³/mol. The van der Waals surface area contributed by atoms with Gasteiger partial charge in [0.25, 0.3) is 0 Å². The summed E-state index contributed by atoms with van der Waals surface area (Å²) in [5.74, 6) is -0.134. The van der Waals surface area contributed by atoms with Crippen LogP contribution < -0.4 is 5.32 Å². The Kier molecular flexibility index (Phi) is 5.94. The standard InChI is InChI=1S/C20H29N3O3/c1-14(2)22(9-10-24)19(25)13-18-20(26)21-7-8-23(18)17-11-15-5-3-4-6-16(15)12-17/h3-6,14,17-18,24H,7-13H2,1-2H3,(H,21,26)/t18-/m1/s1. The molecule has 1 aliphatic carbocycles. The molecule has 1 atom stereocenters. The van der Waals surface area contributed by atoms with Gasteiger partial charge in [0, 0.05) is 31.7 Å². The molecule has 2 N–H and O–H groups in total. The van der Waals surface area contributed by atoms with Gasteiger partial charge in [0.15, 0.2) is 0 Å². The summed E-state index contributed by atoms with van der Waals surface area (Å²) in [6.45, 7) is 5.49. The van der Waals surface area contributed by atoms with Crippen molar-refractivity contribution in [3.05, 3.63) is 35.4 Å². The number of amides is 2. The van der Waals surface area contributed by atoms with Crippen LogP contribution in [0.4, 0.5) is 0 Å². The minimum Gasteiger partial charge on any atom is -0.395 e. The number of hydrogen-bond donors (Lipinski definition) is 2. The largest absolute Gasteiger partial charge is 0.395 e. The van der Waals surface area contributed by atoms with Crippen LogP contribution in [0.5, 0.6) is 0 Å². The second-order valence-electron chi connectivity index (χ2n) is 7.48. The number of carbonyl (C=O) groups excluding carboxylic acids is 2. The molecule has 2 aliphatic rings. The first-order chi connectivity index (χ1) is 12.5. The summed E-state index contributed by atoms with van der Waals surface area (Å²) in [5, 5.41) is 12.1. The lowest BCUT2D eigenvalue weighted by atomic mass is 10.0. The molecule has 1 fully saturated rings. The Labute approximate surface area is 155 Å². The van der Waals surface area contributed by atoms with Crippen LogP contribution in [0.15, 0.2) is 24.3 Å². The van der Waals surface area contributed by atoms with Crippen molar-refractivity contribution < 1.29 is 14.7 Å². The topological polar surface area (TPSA) is 72.9 Å².